The van der Waals surface area contributed by atoms with Crippen molar-refractivity contribution in [2.24, 2.45) is 0 Å². The topological polar surface area (TPSA) is 344 Å². The van der Waals surface area contributed by atoms with Crippen LogP contribution >= 0.6 is 0 Å². The maximum absolute atomic E-state index is 12.0. The number of hydrogen-bond donors (Lipinski definition) is 13. The van der Waals surface area contributed by atoms with Crippen molar-refractivity contribution in [3.8, 4) is 0 Å². The molecule has 3 rings (SSSR count). The van der Waals surface area contributed by atoms with Gasteiger partial charge in [-0.05, 0) is 6.92 Å². The molecular formula is C26H45NO20. The van der Waals surface area contributed by atoms with E-state index in [1.54, 1.807) is 0 Å². The second kappa shape index (κ2) is 17.4. The van der Waals surface area contributed by atoms with Gasteiger partial charge in [-0.3, -0.25) is 4.79 Å². The SMILES string of the molecule is CC(=O)N[C@@H](C=O)[C@@H](O[C@@H]1O[C@H](CO)[C@H](O)[C@H](O[C@H]2O[C@H](CO)[C@H](O)[C@H](O)[C@H]2O)[C@H]1O[C@@H]1O[C@@H](C)[C@@H](O)[C@@H](O)[C@@H]1O)[C@H](O)[C@H](O)CO. The fourth-order valence-electron chi connectivity index (χ4n) is 5.35. The zero-order valence-corrected chi connectivity index (χ0v) is 25.3. The summed E-state index contributed by atoms with van der Waals surface area (Å²) in [6.45, 7) is -0.571. The minimum absolute atomic E-state index is 0.117. The molecule has 1 amide bonds. The average molecular weight is 692 g/mol. The lowest BCUT2D eigenvalue weighted by atomic mass is 9.95. The van der Waals surface area contributed by atoms with E-state index in [-0.39, 0.29) is 6.29 Å². The second-order valence-corrected chi connectivity index (χ2v) is 11.5. The number of aliphatic hydroxyl groups is 12. The summed E-state index contributed by atoms with van der Waals surface area (Å²) in [5.74, 6) is -0.800. The number of rotatable bonds is 14. The fourth-order valence-corrected chi connectivity index (χ4v) is 5.35. The first-order valence-electron chi connectivity index (χ1n) is 14.7. The van der Waals surface area contributed by atoms with Crippen molar-refractivity contribution in [3.05, 3.63) is 0 Å². The Morgan fingerprint density at radius 3 is 1.79 bits per heavy atom. The molecule has 0 unspecified atom stereocenters. The van der Waals surface area contributed by atoms with Crippen molar-refractivity contribution in [1.82, 2.24) is 5.32 Å². The Kier molecular flexibility index (Phi) is 14.7. The predicted octanol–water partition coefficient (Wildman–Crippen LogP) is -8.73. The van der Waals surface area contributed by atoms with Crippen molar-refractivity contribution >= 4 is 12.2 Å². The lowest BCUT2D eigenvalue weighted by molar-refractivity contribution is -0.396. The average Bonchev–Trinajstić information content (AvgIpc) is 3.05. The van der Waals surface area contributed by atoms with E-state index in [4.69, 9.17) is 28.4 Å². The highest BCUT2D eigenvalue weighted by atomic mass is 16.8. The number of carbonyl (C=O) groups is 2. The molecule has 0 spiro atoms. The van der Waals surface area contributed by atoms with Gasteiger partial charge < -0.3 is 99.8 Å². The third-order valence-corrected chi connectivity index (χ3v) is 8.12. The van der Waals surface area contributed by atoms with Gasteiger partial charge in [-0.2, -0.15) is 0 Å². The number of ether oxygens (including phenoxy) is 6. The van der Waals surface area contributed by atoms with Crippen molar-refractivity contribution in [2.45, 2.75) is 130 Å². The van der Waals surface area contributed by atoms with Crippen LogP contribution in [0.5, 0.6) is 0 Å². The Hall–Kier alpha value is -1.58. The molecule has 21 heteroatoms. The zero-order valence-electron chi connectivity index (χ0n) is 25.3. The number of aliphatic hydroxyl groups excluding tert-OH is 12. The molecule has 19 atom stereocenters. The molecule has 0 aromatic rings. The molecule has 0 aromatic heterocycles. The van der Waals surface area contributed by atoms with Gasteiger partial charge in [0.15, 0.2) is 18.9 Å². The molecule has 0 radical (unpaired) electrons. The van der Waals surface area contributed by atoms with Crippen LogP contribution in [0.3, 0.4) is 0 Å². The third-order valence-electron chi connectivity index (χ3n) is 8.12. The van der Waals surface area contributed by atoms with Gasteiger partial charge in [-0.25, -0.2) is 0 Å². The van der Waals surface area contributed by atoms with Gasteiger partial charge in [0, 0.05) is 6.92 Å². The second-order valence-electron chi connectivity index (χ2n) is 11.5. The van der Waals surface area contributed by atoms with Crippen LogP contribution in [0.4, 0.5) is 0 Å². The van der Waals surface area contributed by atoms with Gasteiger partial charge in [0.05, 0.1) is 25.9 Å². The van der Waals surface area contributed by atoms with E-state index in [0.717, 1.165) is 6.92 Å². The van der Waals surface area contributed by atoms with E-state index in [2.05, 4.69) is 5.32 Å². The number of hydrogen-bond acceptors (Lipinski definition) is 20. The van der Waals surface area contributed by atoms with E-state index < -0.39 is 142 Å². The van der Waals surface area contributed by atoms with Gasteiger partial charge in [0.1, 0.15) is 97.8 Å². The third kappa shape index (κ3) is 8.97. The lowest BCUT2D eigenvalue weighted by Crippen LogP contribution is -2.68. The molecule has 3 saturated heterocycles. The highest BCUT2D eigenvalue weighted by Crippen LogP contribution is 2.34. The smallest absolute Gasteiger partial charge is 0.217 e. The van der Waals surface area contributed by atoms with Crippen LogP contribution in [-0.2, 0) is 38.0 Å². The molecule has 3 fully saturated rings. The van der Waals surface area contributed by atoms with Gasteiger partial charge in [0.2, 0.25) is 5.91 Å². The molecule has 13 N–H and O–H groups in total. The summed E-state index contributed by atoms with van der Waals surface area (Å²) in [6, 6.07) is -1.74. The summed E-state index contributed by atoms with van der Waals surface area (Å²) in [6.07, 6.45) is -33.2. The van der Waals surface area contributed by atoms with Crippen molar-refractivity contribution in [1.29, 1.82) is 0 Å². The van der Waals surface area contributed by atoms with Crippen LogP contribution in [0.1, 0.15) is 13.8 Å². The molecule has 274 valence electrons. The molecule has 47 heavy (non-hydrogen) atoms. The Balaban J connectivity index is 2.08. The van der Waals surface area contributed by atoms with Crippen LogP contribution in [0.15, 0.2) is 0 Å². The number of amides is 1. The maximum atomic E-state index is 12.0. The largest absolute Gasteiger partial charge is 0.394 e. The van der Waals surface area contributed by atoms with Crippen LogP contribution in [0.2, 0.25) is 0 Å². The predicted molar refractivity (Wildman–Crippen MR) is 145 cm³/mol. The van der Waals surface area contributed by atoms with E-state index in [9.17, 15) is 70.9 Å². The quantitative estimate of drug-likeness (QED) is 0.0752. The molecule has 3 aliphatic heterocycles. The molecule has 3 aliphatic rings. The molecule has 0 bridgehead atoms. The Bertz CT molecular complexity index is 994. The fraction of sp³-hybridized carbons (Fsp3) is 0.923. The van der Waals surface area contributed by atoms with Gasteiger partial charge in [-0.15, -0.1) is 0 Å². The molecule has 0 saturated carbocycles. The van der Waals surface area contributed by atoms with E-state index in [1.807, 2.05) is 0 Å². The first-order valence-corrected chi connectivity index (χ1v) is 14.7. The molecule has 3 heterocycles. The van der Waals surface area contributed by atoms with Crippen molar-refractivity contribution in [2.75, 3.05) is 19.8 Å². The first kappa shape index (κ1) is 39.9. The number of aldehydes is 1. The van der Waals surface area contributed by atoms with Crippen LogP contribution in [0, 0.1) is 0 Å². The normalized spacial score (nSPS) is 43.8. The van der Waals surface area contributed by atoms with Crippen LogP contribution in [0.25, 0.3) is 0 Å². The monoisotopic (exact) mass is 691 g/mol. The van der Waals surface area contributed by atoms with Crippen LogP contribution in [-0.4, -0.2) is 210 Å². The van der Waals surface area contributed by atoms with Gasteiger partial charge in [-0.1, -0.05) is 0 Å². The zero-order chi connectivity index (χ0) is 35.3. The van der Waals surface area contributed by atoms with E-state index in [0.29, 0.717) is 0 Å². The van der Waals surface area contributed by atoms with Crippen LogP contribution < -0.4 is 5.32 Å². The van der Waals surface area contributed by atoms with E-state index >= 15 is 0 Å². The van der Waals surface area contributed by atoms with E-state index in [1.165, 1.54) is 6.92 Å². The van der Waals surface area contributed by atoms with Gasteiger partial charge >= 0.3 is 0 Å². The van der Waals surface area contributed by atoms with Crippen molar-refractivity contribution < 1.29 is 99.3 Å². The minimum Gasteiger partial charge on any atom is -0.394 e. The van der Waals surface area contributed by atoms with Gasteiger partial charge in [0.25, 0.3) is 0 Å². The minimum atomic E-state index is -2.14. The summed E-state index contributed by atoms with van der Waals surface area (Å²) in [7, 11) is 0. The Labute approximate surface area is 267 Å². The highest BCUT2D eigenvalue weighted by molar-refractivity contribution is 5.77. The highest BCUT2D eigenvalue weighted by Gasteiger charge is 2.55. The summed E-state index contributed by atoms with van der Waals surface area (Å²) in [5.41, 5.74) is 0. The molecule has 21 nitrogen and oxygen atoms in total. The molecule has 0 aromatic carbocycles. The number of nitrogens with one attached hydrogen (secondary N) is 1. The summed E-state index contributed by atoms with van der Waals surface area (Å²) < 4.78 is 33.9. The first-order chi connectivity index (χ1) is 22.1. The summed E-state index contributed by atoms with van der Waals surface area (Å²) >= 11 is 0. The van der Waals surface area contributed by atoms with Crippen molar-refractivity contribution in [3.63, 3.8) is 0 Å². The number of carbonyl (C=O) groups excluding carboxylic acids is 2. The summed E-state index contributed by atoms with van der Waals surface area (Å²) in [5, 5.41) is 126. The Morgan fingerprint density at radius 1 is 0.745 bits per heavy atom. The molecular weight excluding hydrogens is 646 g/mol. The standard InChI is InChI=1S/C26H45NO20/c1-7-13(34)17(38)19(40)24(42-7)47-23-22(46-25-20(41)18(39)15(36)11(5-30)43-25)16(37)12(6-31)44-26(23)45-21(14(35)10(33)4-29)9(3-28)27-8(2)32/h3,7,9-26,29-31,33-41H,4-6H2,1-2H3,(H,27,32)/t7-,9-,10+,11+,12+,13+,14+,15-,16-,17+,18-,19-,20+,21+,22-,23+,24-,25+,26-/m0/s1. The maximum Gasteiger partial charge on any atom is 0.217 e. The Morgan fingerprint density at radius 2 is 1.26 bits per heavy atom. The molecule has 0 aliphatic carbocycles. The lowest BCUT2D eigenvalue weighted by Gasteiger charge is -2.49. The summed E-state index contributed by atoms with van der Waals surface area (Å²) in [4.78, 5) is 23.8.